The normalized spacial score (nSPS) is 16.2. The van der Waals surface area contributed by atoms with Crippen molar-refractivity contribution in [3.8, 4) is 12.3 Å². The molecule has 0 bridgehead atoms. The average molecular weight is 126 g/mol. The van der Waals surface area contributed by atoms with E-state index in [9.17, 15) is 0 Å². The van der Waals surface area contributed by atoms with Gasteiger partial charge < -0.3 is 5.11 Å². The summed E-state index contributed by atoms with van der Waals surface area (Å²) in [5, 5.41) is 9.00. The van der Waals surface area contributed by atoms with Crippen molar-refractivity contribution in [2.75, 3.05) is 0 Å². The van der Waals surface area contributed by atoms with Crippen LogP contribution in [0.15, 0.2) is 0 Å². The summed E-state index contributed by atoms with van der Waals surface area (Å²) in [5.74, 6) is 2.60. The summed E-state index contributed by atoms with van der Waals surface area (Å²) >= 11 is 0. The lowest BCUT2D eigenvalue weighted by Crippen LogP contribution is -2.13. The van der Waals surface area contributed by atoms with Gasteiger partial charge in [-0.2, -0.15) is 0 Å². The van der Waals surface area contributed by atoms with Gasteiger partial charge in [0.25, 0.3) is 0 Å². The smallest absolute Gasteiger partial charge is 0.0649 e. The van der Waals surface area contributed by atoms with Crippen LogP contribution in [0.4, 0.5) is 0 Å². The Hall–Kier alpha value is -0.480. The minimum absolute atomic E-state index is 0.0509. The van der Waals surface area contributed by atoms with Crippen molar-refractivity contribution < 1.29 is 5.11 Å². The Morgan fingerprint density at radius 2 is 2.22 bits per heavy atom. The maximum atomic E-state index is 9.00. The van der Waals surface area contributed by atoms with Gasteiger partial charge in [0, 0.05) is 5.92 Å². The molecule has 0 aliphatic rings. The minimum atomic E-state index is -0.352. The van der Waals surface area contributed by atoms with Crippen LogP contribution in [0.2, 0.25) is 0 Å². The Balaban J connectivity index is 3.58. The molecule has 0 aromatic carbocycles. The maximum Gasteiger partial charge on any atom is 0.0649 e. The van der Waals surface area contributed by atoms with E-state index in [4.69, 9.17) is 11.5 Å². The molecule has 1 N–H and O–H groups in total. The summed E-state index contributed by atoms with van der Waals surface area (Å²) in [6.07, 6.45) is 6.76. The van der Waals surface area contributed by atoms with Crippen molar-refractivity contribution >= 4 is 0 Å². The van der Waals surface area contributed by atoms with Crippen molar-refractivity contribution in [3.05, 3.63) is 0 Å². The molecule has 0 fully saturated rings. The Morgan fingerprint density at radius 3 is 2.33 bits per heavy atom. The quantitative estimate of drug-likeness (QED) is 0.567. The van der Waals surface area contributed by atoms with Gasteiger partial charge in [0.1, 0.15) is 0 Å². The van der Waals surface area contributed by atoms with Crippen LogP contribution in [-0.4, -0.2) is 11.2 Å². The molecular weight excluding hydrogens is 112 g/mol. The molecule has 0 spiro atoms. The van der Waals surface area contributed by atoms with Crippen LogP contribution in [0.5, 0.6) is 0 Å². The lowest BCUT2D eigenvalue weighted by Gasteiger charge is -2.10. The fraction of sp³-hybridized carbons (Fsp3) is 0.750. The number of hydrogen-bond acceptors (Lipinski definition) is 1. The molecule has 0 amide bonds. The highest BCUT2D eigenvalue weighted by molar-refractivity contribution is 4.95. The largest absolute Gasteiger partial charge is 0.392 e. The van der Waals surface area contributed by atoms with Crippen molar-refractivity contribution in [2.45, 2.75) is 32.8 Å². The lowest BCUT2D eigenvalue weighted by molar-refractivity contribution is 0.148. The van der Waals surface area contributed by atoms with Crippen molar-refractivity contribution in [3.63, 3.8) is 0 Å². The second-order valence-corrected chi connectivity index (χ2v) is 2.30. The summed E-state index contributed by atoms with van der Waals surface area (Å²) < 4.78 is 0. The monoisotopic (exact) mass is 126 g/mol. The Labute approximate surface area is 57.1 Å². The van der Waals surface area contributed by atoms with E-state index in [1.165, 1.54) is 0 Å². The van der Waals surface area contributed by atoms with E-state index in [1.54, 1.807) is 6.92 Å². The third kappa shape index (κ3) is 3.16. The zero-order valence-corrected chi connectivity index (χ0v) is 6.09. The number of aliphatic hydroxyl groups is 1. The predicted molar refractivity (Wildman–Crippen MR) is 38.9 cm³/mol. The third-order valence-corrected chi connectivity index (χ3v) is 1.40. The van der Waals surface area contributed by atoms with Crippen molar-refractivity contribution in [1.29, 1.82) is 0 Å². The lowest BCUT2D eigenvalue weighted by atomic mass is 10.00. The van der Waals surface area contributed by atoms with E-state index in [0.29, 0.717) is 0 Å². The van der Waals surface area contributed by atoms with Crippen LogP contribution in [0.25, 0.3) is 0 Å². The van der Waals surface area contributed by atoms with Gasteiger partial charge in [-0.3, -0.25) is 0 Å². The summed E-state index contributed by atoms with van der Waals surface area (Å²) in [6, 6.07) is 0. The highest BCUT2D eigenvalue weighted by Crippen LogP contribution is 2.08. The van der Waals surface area contributed by atoms with Gasteiger partial charge in [-0.15, -0.1) is 12.3 Å². The second kappa shape index (κ2) is 4.40. The highest BCUT2D eigenvalue weighted by atomic mass is 16.3. The fourth-order valence-electron chi connectivity index (χ4n) is 0.775. The van der Waals surface area contributed by atoms with Gasteiger partial charge in [-0.05, 0) is 13.3 Å². The van der Waals surface area contributed by atoms with Crippen LogP contribution in [-0.2, 0) is 0 Å². The molecule has 0 saturated heterocycles. The molecule has 2 atom stereocenters. The van der Waals surface area contributed by atoms with E-state index in [-0.39, 0.29) is 12.0 Å². The van der Waals surface area contributed by atoms with Gasteiger partial charge in [-0.1, -0.05) is 13.3 Å². The predicted octanol–water partition coefficient (Wildman–Crippen LogP) is 1.42. The molecule has 9 heavy (non-hydrogen) atoms. The Bertz CT molecular complexity index is 99.6. The van der Waals surface area contributed by atoms with E-state index >= 15 is 0 Å². The van der Waals surface area contributed by atoms with Crippen LogP contribution in [0.1, 0.15) is 26.7 Å². The molecule has 1 heteroatoms. The molecule has 0 unspecified atom stereocenters. The van der Waals surface area contributed by atoms with Gasteiger partial charge in [0.05, 0.1) is 6.10 Å². The van der Waals surface area contributed by atoms with Gasteiger partial charge in [-0.25, -0.2) is 0 Å². The van der Waals surface area contributed by atoms with Crippen molar-refractivity contribution in [2.24, 2.45) is 5.92 Å². The van der Waals surface area contributed by atoms with Crippen LogP contribution in [0.3, 0.4) is 0 Å². The van der Waals surface area contributed by atoms with Crippen LogP contribution in [0, 0.1) is 18.3 Å². The van der Waals surface area contributed by atoms with E-state index in [1.807, 2.05) is 0 Å². The second-order valence-electron chi connectivity index (χ2n) is 2.30. The van der Waals surface area contributed by atoms with E-state index in [0.717, 1.165) is 12.8 Å². The van der Waals surface area contributed by atoms with Crippen molar-refractivity contribution in [1.82, 2.24) is 0 Å². The van der Waals surface area contributed by atoms with Gasteiger partial charge >= 0.3 is 0 Å². The third-order valence-electron chi connectivity index (χ3n) is 1.40. The molecule has 0 radical (unpaired) electrons. The highest BCUT2D eigenvalue weighted by Gasteiger charge is 2.08. The summed E-state index contributed by atoms with van der Waals surface area (Å²) in [5.41, 5.74) is 0. The van der Waals surface area contributed by atoms with E-state index in [2.05, 4.69) is 12.8 Å². The van der Waals surface area contributed by atoms with Crippen LogP contribution >= 0.6 is 0 Å². The Kier molecular flexibility index (Phi) is 4.17. The summed E-state index contributed by atoms with van der Waals surface area (Å²) in [7, 11) is 0. The molecule has 0 aliphatic heterocycles. The zero-order chi connectivity index (χ0) is 7.28. The standard InChI is InChI=1S/C8H14O/c1-4-6-8(5-2)7(3)9/h2,7-9H,4,6H2,1,3H3/t7-,8-/m1/s1. The first kappa shape index (κ1) is 8.52. The molecule has 0 aliphatic carbocycles. The minimum Gasteiger partial charge on any atom is -0.392 e. The topological polar surface area (TPSA) is 20.2 Å². The average Bonchev–Trinajstić information content (AvgIpc) is 1.82. The Morgan fingerprint density at radius 1 is 1.67 bits per heavy atom. The molecular formula is C8H14O. The number of hydrogen-bond donors (Lipinski definition) is 1. The number of terminal acetylenes is 1. The molecule has 0 saturated carbocycles. The SMILES string of the molecule is C#C[C@H](CCC)[C@@H](C)O. The molecule has 0 aromatic heterocycles. The maximum absolute atomic E-state index is 9.00. The fourth-order valence-corrected chi connectivity index (χ4v) is 0.775. The molecule has 1 nitrogen and oxygen atoms in total. The zero-order valence-electron chi connectivity index (χ0n) is 6.09. The summed E-state index contributed by atoms with van der Waals surface area (Å²) in [4.78, 5) is 0. The van der Waals surface area contributed by atoms with Crippen LogP contribution < -0.4 is 0 Å². The van der Waals surface area contributed by atoms with Gasteiger partial charge in [0.2, 0.25) is 0 Å². The number of aliphatic hydroxyl groups excluding tert-OH is 1. The molecule has 0 rings (SSSR count). The van der Waals surface area contributed by atoms with Gasteiger partial charge in [0.15, 0.2) is 0 Å². The molecule has 0 aromatic rings. The molecule has 52 valence electrons. The first-order valence-corrected chi connectivity index (χ1v) is 3.36. The van der Waals surface area contributed by atoms with E-state index < -0.39 is 0 Å². The first-order valence-electron chi connectivity index (χ1n) is 3.36. The first-order chi connectivity index (χ1) is 4.22. The number of rotatable bonds is 3. The summed E-state index contributed by atoms with van der Waals surface area (Å²) in [6.45, 7) is 3.80. The molecule has 0 heterocycles.